The number of aliphatic carboxylic acids is 1. The lowest BCUT2D eigenvalue weighted by Crippen LogP contribution is -2.37. The summed E-state index contributed by atoms with van der Waals surface area (Å²) < 4.78 is 0. The van der Waals surface area contributed by atoms with Crippen LogP contribution in [0.15, 0.2) is 18.3 Å². The topological polar surface area (TPSA) is 53.4 Å². The van der Waals surface area contributed by atoms with E-state index in [2.05, 4.69) is 9.88 Å². The van der Waals surface area contributed by atoms with Gasteiger partial charge in [-0.25, -0.2) is 4.98 Å². The van der Waals surface area contributed by atoms with Gasteiger partial charge in [0.15, 0.2) is 0 Å². The largest absolute Gasteiger partial charge is 0.481 e. The standard InChI is InChI=1S/C10H12N2O2/c13-10(14)6-8-2-3-9(11-7-8)12-4-1-5-12/h2-3,7H,1,4-6H2,(H,13,14). The summed E-state index contributed by atoms with van der Waals surface area (Å²) in [7, 11) is 0. The van der Waals surface area contributed by atoms with Crippen molar-refractivity contribution < 1.29 is 9.90 Å². The van der Waals surface area contributed by atoms with Crippen molar-refractivity contribution in [2.24, 2.45) is 0 Å². The van der Waals surface area contributed by atoms with Gasteiger partial charge in [-0.3, -0.25) is 4.79 Å². The van der Waals surface area contributed by atoms with Gasteiger partial charge in [0.05, 0.1) is 6.42 Å². The van der Waals surface area contributed by atoms with Crippen molar-refractivity contribution in [1.29, 1.82) is 0 Å². The second-order valence-corrected chi connectivity index (χ2v) is 3.44. The molecule has 1 saturated heterocycles. The molecule has 0 aliphatic carbocycles. The predicted molar refractivity (Wildman–Crippen MR) is 52.4 cm³/mol. The normalized spacial score (nSPS) is 15.0. The highest BCUT2D eigenvalue weighted by Crippen LogP contribution is 2.17. The summed E-state index contributed by atoms with van der Waals surface area (Å²) in [5, 5.41) is 8.56. The highest BCUT2D eigenvalue weighted by molar-refractivity contribution is 5.70. The predicted octanol–water partition coefficient (Wildman–Crippen LogP) is 0.919. The second-order valence-electron chi connectivity index (χ2n) is 3.44. The SMILES string of the molecule is O=C(O)Cc1ccc(N2CCC2)nc1. The maximum Gasteiger partial charge on any atom is 0.307 e. The Hall–Kier alpha value is -1.58. The first kappa shape index (κ1) is 8.99. The lowest BCUT2D eigenvalue weighted by atomic mass is 10.2. The molecule has 0 atom stereocenters. The van der Waals surface area contributed by atoms with E-state index < -0.39 is 5.97 Å². The van der Waals surface area contributed by atoms with E-state index in [1.807, 2.05) is 12.1 Å². The van der Waals surface area contributed by atoms with Gasteiger partial charge in [-0.1, -0.05) is 6.07 Å². The number of hydrogen-bond donors (Lipinski definition) is 1. The summed E-state index contributed by atoms with van der Waals surface area (Å²) in [6, 6.07) is 3.71. The Morgan fingerprint density at radius 1 is 1.50 bits per heavy atom. The molecule has 0 radical (unpaired) electrons. The number of aromatic nitrogens is 1. The van der Waals surface area contributed by atoms with E-state index in [4.69, 9.17) is 5.11 Å². The third kappa shape index (κ3) is 1.84. The van der Waals surface area contributed by atoms with Crippen LogP contribution in [0, 0.1) is 0 Å². The zero-order valence-corrected chi connectivity index (χ0v) is 7.81. The number of nitrogens with zero attached hydrogens (tertiary/aromatic N) is 2. The molecule has 74 valence electrons. The number of carboxylic acids is 1. The Labute approximate surface area is 82.2 Å². The van der Waals surface area contributed by atoms with E-state index in [1.165, 1.54) is 6.42 Å². The summed E-state index contributed by atoms with van der Waals surface area (Å²) in [4.78, 5) is 16.8. The molecule has 2 rings (SSSR count). The van der Waals surface area contributed by atoms with Crippen molar-refractivity contribution in [3.63, 3.8) is 0 Å². The van der Waals surface area contributed by atoms with Crippen molar-refractivity contribution in [2.75, 3.05) is 18.0 Å². The molecule has 1 fully saturated rings. The van der Waals surface area contributed by atoms with Crippen LogP contribution in [0.5, 0.6) is 0 Å². The fraction of sp³-hybridized carbons (Fsp3) is 0.400. The number of rotatable bonds is 3. The Morgan fingerprint density at radius 2 is 2.29 bits per heavy atom. The monoisotopic (exact) mass is 192 g/mol. The zero-order valence-electron chi connectivity index (χ0n) is 7.81. The minimum atomic E-state index is -0.816. The zero-order chi connectivity index (χ0) is 9.97. The van der Waals surface area contributed by atoms with Crippen LogP contribution in [-0.4, -0.2) is 29.1 Å². The van der Waals surface area contributed by atoms with Gasteiger partial charge in [-0.15, -0.1) is 0 Å². The molecule has 1 aliphatic rings. The van der Waals surface area contributed by atoms with Gasteiger partial charge in [-0.2, -0.15) is 0 Å². The molecule has 1 aliphatic heterocycles. The van der Waals surface area contributed by atoms with Crippen molar-refractivity contribution in [3.05, 3.63) is 23.9 Å². The fourth-order valence-electron chi connectivity index (χ4n) is 1.43. The first-order valence-electron chi connectivity index (χ1n) is 4.67. The van der Waals surface area contributed by atoms with Gasteiger partial charge < -0.3 is 10.0 Å². The fourth-order valence-corrected chi connectivity index (χ4v) is 1.43. The molecular weight excluding hydrogens is 180 g/mol. The third-order valence-electron chi connectivity index (χ3n) is 2.34. The Morgan fingerprint density at radius 3 is 2.71 bits per heavy atom. The van der Waals surface area contributed by atoms with Gasteiger partial charge in [0.25, 0.3) is 0 Å². The van der Waals surface area contributed by atoms with E-state index >= 15 is 0 Å². The van der Waals surface area contributed by atoms with E-state index in [0.717, 1.165) is 24.5 Å². The molecule has 0 spiro atoms. The average Bonchev–Trinajstić information content (AvgIpc) is 2.04. The Kier molecular flexibility index (Phi) is 2.35. The highest BCUT2D eigenvalue weighted by Gasteiger charge is 2.15. The summed E-state index contributed by atoms with van der Waals surface area (Å²) in [6.45, 7) is 2.12. The molecule has 4 nitrogen and oxygen atoms in total. The molecule has 0 unspecified atom stereocenters. The smallest absolute Gasteiger partial charge is 0.307 e. The van der Waals surface area contributed by atoms with E-state index in [0.29, 0.717) is 0 Å². The van der Waals surface area contributed by atoms with Crippen LogP contribution in [0.3, 0.4) is 0 Å². The van der Waals surface area contributed by atoms with Crippen LogP contribution in [0.25, 0.3) is 0 Å². The van der Waals surface area contributed by atoms with Crippen molar-refractivity contribution in [2.45, 2.75) is 12.8 Å². The molecule has 1 aromatic rings. The number of anilines is 1. The lowest BCUT2D eigenvalue weighted by molar-refractivity contribution is -0.136. The van der Waals surface area contributed by atoms with Crippen LogP contribution < -0.4 is 4.90 Å². The molecule has 1 aromatic heterocycles. The molecular formula is C10H12N2O2. The van der Waals surface area contributed by atoms with Gasteiger partial charge in [0, 0.05) is 19.3 Å². The molecule has 2 heterocycles. The number of hydrogen-bond acceptors (Lipinski definition) is 3. The molecule has 0 saturated carbocycles. The van der Waals surface area contributed by atoms with Crippen molar-refractivity contribution in [1.82, 2.24) is 4.98 Å². The van der Waals surface area contributed by atoms with Crippen LogP contribution >= 0.6 is 0 Å². The Balaban J connectivity index is 2.05. The van der Waals surface area contributed by atoms with Crippen LogP contribution in [0.2, 0.25) is 0 Å². The first-order chi connectivity index (χ1) is 6.75. The van der Waals surface area contributed by atoms with Crippen molar-refractivity contribution in [3.8, 4) is 0 Å². The summed E-state index contributed by atoms with van der Waals surface area (Å²) in [5.41, 5.74) is 0.752. The van der Waals surface area contributed by atoms with Gasteiger partial charge in [0.1, 0.15) is 5.82 Å². The summed E-state index contributed by atoms with van der Waals surface area (Å²) in [5.74, 6) is 0.133. The van der Waals surface area contributed by atoms with E-state index in [9.17, 15) is 4.79 Å². The molecule has 0 amide bonds. The molecule has 14 heavy (non-hydrogen) atoms. The second kappa shape index (κ2) is 3.65. The average molecular weight is 192 g/mol. The minimum Gasteiger partial charge on any atom is -0.481 e. The van der Waals surface area contributed by atoms with Gasteiger partial charge in [-0.05, 0) is 18.1 Å². The van der Waals surface area contributed by atoms with E-state index in [1.54, 1.807) is 6.20 Å². The molecule has 1 N–H and O–H groups in total. The Bertz CT molecular complexity index is 330. The highest BCUT2D eigenvalue weighted by atomic mass is 16.4. The van der Waals surface area contributed by atoms with Gasteiger partial charge >= 0.3 is 5.97 Å². The first-order valence-corrected chi connectivity index (χ1v) is 4.67. The number of carbonyl (C=O) groups is 1. The summed E-state index contributed by atoms with van der Waals surface area (Å²) in [6.07, 6.45) is 2.91. The van der Waals surface area contributed by atoms with Crippen LogP contribution in [0.1, 0.15) is 12.0 Å². The third-order valence-corrected chi connectivity index (χ3v) is 2.34. The minimum absolute atomic E-state index is 0.0489. The van der Waals surface area contributed by atoms with Crippen LogP contribution in [-0.2, 0) is 11.2 Å². The van der Waals surface area contributed by atoms with Gasteiger partial charge in [0.2, 0.25) is 0 Å². The lowest BCUT2D eigenvalue weighted by Gasteiger charge is -2.31. The van der Waals surface area contributed by atoms with E-state index in [-0.39, 0.29) is 6.42 Å². The molecule has 0 aromatic carbocycles. The van der Waals surface area contributed by atoms with Crippen LogP contribution in [0.4, 0.5) is 5.82 Å². The molecule has 4 heteroatoms. The number of pyridine rings is 1. The maximum absolute atomic E-state index is 10.4. The van der Waals surface area contributed by atoms with Crippen molar-refractivity contribution >= 4 is 11.8 Å². The summed E-state index contributed by atoms with van der Waals surface area (Å²) >= 11 is 0. The molecule has 0 bridgehead atoms. The quantitative estimate of drug-likeness (QED) is 0.773. The maximum atomic E-state index is 10.4. The number of carboxylic acid groups (broad SMARTS) is 1.